The van der Waals surface area contributed by atoms with E-state index in [1.54, 1.807) is 30.3 Å². The van der Waals surface area contributed by atoms with Gasteiger partial charge in [-0.3, -0.25) is 0 Å². The molecule has 1 aliphatic rings. The summed E-state index contributed by atoms with van der Waals surface area (Å²) in [5, 5.41) is 0. The fourth-order valence-corrected chi connectivity index (χ4v) is 7.88. The first-order valence-electron chi connectivity index (χ1n) is 10.5. The number of hydrogen-bond donors (Lipinski definition) is 0. The minimum atomic E-state index is -0.347. The third-order valence-electron chi connectivity index (χ3n) is 5.92. The molecule has 0 aromatic heterocycles. The number of aryl methyl sites for hydroxylation is 1. The molecule has 0 aliphatic carbocycles. The molecule has 0 bridgehead atoms. The van der Waals surface area contributed by atoms with Crippen LogP contribution in [-0.2, 0) is 6.42 Å². The number of hydrogen-bond acceptors (Lipinski definition) is 0. The maximum absolute atomic E-state index is 12.9. The van der Waals surface area contributed by atoms with Crippen molar-refractivity contribution in [1.29, 1.82) is 0 Å². The third-order valence-corrected chi connectivity index (χ3v) is 9.45. The van der Waals surface area contributed by atoms with Gasteiger partial charge in [0.25, 0.3) is 0 Å². The lowest BCUT2D eigenvalue weighted by Gasteiger charge is -2.27. The van der Waals surface area contributed by atoms with E-state index in [2.05, 4.69) is 6.92 Å². The standard InChI is InChI=1S/C22H37FSi/c1-2-3-4-5-8-17-24-18-15-21(16-19-24)10-7-6-9-20-11-13-22(23)14-12-20/h11-14,21,24H,2-10,15-19H2,1H3. The van der Waals surface area contributed by atoms with Crippen molar-refractivity contribution in [3.63, 3.8) is 0 Å². The van der Waals surface area contributed by atoms with E-state index >= 15 is 0 Å². The first-order chi connectivity index (χ1) is 11.8. The summed E-state index contributed by atoms with van der Waals surface area (Å²) in [6, 6.07) is 11.9. The maximum Gasteiger partial charge on any atom is 0.123 e. The van der Waals surface area contributed by atoms with E-state index in [1.807, 2.05) is 12.1 Å². The Morgan fingerprint density at radius 1 is 0.917 bits per heavy atom. The zero-order chi connectivity index (χ0) is 17.0. The minimum Gasteiger partial charge on any atom is -0.207 e. The lowest BCUT2D eigenvalue weighted by Crippen LogP contribution is -2.21. The van der Waals surface area contributed by atoms with E-state index in [0.29, 0.717) is 0 Å². The molecule has 0 N–H and O–H groups in total. The second-order valence-corrected chi connectivity index (χ2v) is 11.4. The largest absolute Gasteiger partial charge is 0.207 e. The van der Waals surface area contributed by atoms with Gasteiger partial charge in [-0.2, -0.15) is 0 Å². The molecule has 0 amide bonds. The van der Waals surface area contributed by atoms with E-state index in [4.69, 9.17) is 0 Å². The summed E-state index contributed by atoms with van der Waals surface area (Å²) in [7, 11) is -0.347. The average molecular weight is 349 g/mol. The molecule has 24 heavy (non-hydrogen) atoms. The predicted octanol–water partition coefficient (Wildman–Crippen LogP) is 7.15. The number of unbranched alkanes of at least 4 members (excludes halogenated alkanes) is 5. The lowest BCUT2D eigenvalue weighted by molar-refractivity contribution is 0.417. The molecule has 0 atom stereocenters. The minimum absolute atomic E-state index is 0.120. The van der Waals surface area contributed by atoms with Crippen molar-refractivity contribution >= 4 is 8.80 Å². The second kappa shape index (κ2) is 11.8. The van der Waals surface area contributed by atoms with Crippen LogP contribution in [0.25, 0.3) is 0 Å². The summed E-state index contributed by atoms with van der Waals surface area (Å²) in [5.41, 5.74) is 1.29. The van der Waals surface area contributed by atoms with E-state index in [9.17, 15) is 4.39 Å². The number of rotatable bonds is 11. The Hall–Kier alpha value is -0.633. The van der Waals surface area contributed by atoms with Gasteiger partial charge in [-0.15, -0.1) is 0 Å². The highest BCUT2D eigenvalue weighted by atomic mass is 28.3. The Morgan fingerprint density at radius 3 is 2.33 bits per heavy atom. The average Bonchev–Trinajstić information content (AvgIpc) is 2.61. The van der Waals surface area contributed by atoms with Gasteiger partial charge in [0.15, 0.2) is 0 Å². The highest BCUT2D eigenvalue weighted by molar-refractivity contribution is 6.58. The van der Waals surface area contributed by atoms with Gasteiger partial charge in [-0.25, -0.2) is 4.39 Å². The topological polar surface area (TPSA) is 0 Å². The van der Waals surface area contributed by atoms with Crippen molar-refractivity contribution in [2.75, 3.05) is 0 Å². The Bertz CT molecular complexity index is 420. The Kier molecular flexibility index (Phi) is 9.71. The normalized spacial score (nSPS) is 21.1. The van der Waals surface area contributed by atoms with Crippen molar-refractivity contribution in [1.82, 2.24) is 0 Å². The molecule has 1 aliphatic heterocycles. The molecule has 1 aromatic rings. The van der Waals surface area contributed by atoms with E-state index in [0.717, 1.165) is 12.3 Å². The second-order valence-electron chi connectivity index (χ2n) is 7.96. The molecule has 2 rings (SSSR count). The van der Waals surface area contributed by atoms with Crippen LogP contribution in [0.1, 0.15) is 76.7 Å². The molecule has 1 fully saturated rings. The molecule has 1 aromatic carbocycles. The Morgan fingerprint density at radius 2 is 1.62 bits per heavy atom. The van der Waals surface area contributed by atoms with Gasteiger partial charge < -0.3 is 0 Å². The highest BCUT2D eigenvalue weighted by Gasteiger charge is 2.21. The summed E-state index contributed by atoms with van der Waals surface area (Å²) >= 11 is 0. The van der Waals surface area contributed by atoms with Crippen LogP contribution < -0.4 is 0 Å². The number of benzene rings is 1. The smallest absolute Gasteiger partial charge is 0.123 e. The fourth-order valence-electron chi connectivity index (χ4n) is 4.26. The first kappa shape index (κ1) is 19.7. The van der Waals surface area contributed by atoms with Crippen LogP contribution in [0.3, 0.4) is 0 Å². The molecule has 0 saturated carbocycles. The van der Waals surface area contributed by atoms with E-state index in [1.165, 1.54) is 69.8 Å². The molecule has 2 heteroatoms. The van der Waals surface area contributed by atoms with Crippen molar-refractivity contribution in [2.45, 2.75) is 95.7 Å². The van der Waals surface area contributed by atoms with Crippen LogP contribution in [-0.4, -0.2) is 8.80 Å². The summed E-state index contributed by atoms with van der Waals surface area (Å²) in [4.78, 5) is 0. The molecule has 0 radical (unpaired) electrons. The molecule has 1 saturated heterocycles. The quantitative estimate of drug-likeness (QED) is 0.294. The SMILES string of the molecule is CCCCCCC[SiH]1CCC(CCCCc2ccc(F)cc2)CC1. The first-order valence-corrected chi connectivity index (χ1v) is 13.0. The molecule has 0 spiro atoms. The molecular formula is C22H37FSi. The molecule has 1 heterocycles. The third kappa shape index (κ3) is 7.96. The van der Waals surface area contributed by atoms with Gasteiger partial charge in [0.05, 0.1) is 0 Å². The zero-order valence-corrected chi connectivity index (χ0v) is 16.9. The zero-order valence-electron chi connectivity index (χ0n) is 15.7. The van der Waals surface area contributed by atoms with Crippen molar-refractivity contribution in [3.05, 3.63) is 35.6 Å². The predicted molar refractivity (Wildman–Crippen MR) is 107 cm³/mol. The van der Waals surface area contributed by atoms with Gasteiger partial charge in [-0.05, 0) is 36.5 Å². The van der Waals surface area contributed by atoms with Crippen LogP contribution in [0, 0.1) is 11.7 Å². The van der Waals surface area contributed by atoms with E-state index < -0.39 is 0 Å². The molecule has 136 valence electrons. The van der Waals surface area contributed by atoms with Crippen LogP contribution in [0.4, 0.5) is 4.39 Å². The van der Waals surface area contributed by atoms with Crippen LogP contribution in [0.15, 0.2) is 24.3 Å². The lowest BCUT2D eigenvalue weighted by atomic mass is 9.95. The maximum atomic E-state index is 12.9. The molecular weight excluding hydrogens is 311 g/mol. The van der Waals surface area contributed by atoms with Crippen LogP contribution in [0.2, 0.25) is 18.1 Å². The molecule has 0 nitrogen and oxygen atoms in total. The van der Waals surface area contributed by atoms with Crippen LogP contribution >= 0.6 is 0 Å². The Balaban J connectivity index is 1.48. The molecule has 0 unspecified atom stereocenters. The summed E-state index contributed by atoms with van der Waals surface area (Å²) in [6.45, 7) is 2.30. The fraction of sp³-hybridized carbons (Fsp3) is 0.727. The van der Waals surface area contributed by atoms with Crippen LogP contribution in [0.5, 0.6) is 0 Å². The van der Waals surface area contributed by atoms with Gasteiger partial charge in [0.2, 0.25) is 0 Å². The van der Waals surface area contributed by atoms with Gasteiger partial charge in [0, 0.05) is 8.80 Å². The monoisotopic (exact) mass is 348 g/mol. The van der Waals surface area contributed by atoms with Gasteiger partial charge >= 0.3 is 0 Å². The van der Waals surface area contributed by atoms with Crippen molar-refractivity contribution in [2.24, 2.45) is 5.92 Å². The van der Waals surface area contributed by atoms with Gasteiger partial charge in [-0.1, -0.05) is 95.0 Å². The van der Waals surface area contributed by atoms with Crippen molar-refractivity contribution in [3.8, 4) is 0 Å². The highest BCUT2D eigenvalue weighted by Crippen LogP contribution is 2.31. The Labute approximate surface area is 150 Å². The van der Waals surface area contributed by atoms with E-state index in [-0.39, 0.29) is 14.6 Å². The van der Waals surface area contributed by atoms with Gasteiger partial charge in [0.1, 0.15) is 5.82 Å². The summed E-state index contributed by atoms with van der Waals surface area (Å²) in [5.74, 6) is 0.895. The summed E-state index contributed by atoms with van der Waals surface area (Å²) < 4.78 is 12.9. The summed E-state index contributed by atoms with van der Waals surface area (Å²) in [6.07, 6.45) is 15.5. The van der Waals surface area contributed by atoms with Crippen molar-refractivity contribution < 1.29 is 4.39 Å². The number of halogens is 1.